The van der Waals surface area contributed by atoms with Gasteiger partial charge in [0.05, 0.1) is 0 Å². The van der Waals surface area contributed by atoms with E-state index in [4.69, 9.17) is 0 Å². The molecule has 0 aromatic rings. The lowest BCUT2D eigenvalue weighted by Gasteiger charge is -2.42. The van der Waals surface area contributed by atoms with Gasteiger partial charge in [0.15, 0.2) is 0 Å². The highest BCUT2D eigenvalue weighted by molar-refractivity contribution is 6.14. The maximum atomic E-state index is 2.52. The first-order valence-corrected chi connectivity index (χ1v) is 6.27. The summed E-state index contributed by atoms with van der Waals surface area (Å²) in [7, 11) is 4.93. The van der Waals surface area contributed by atoms with E-state index in [0.717, 1.165) is 23.5 Å². The van der Waals surface area contributed by atoms with E-state index >= 15 is 0 Å². The molecule has 2 fully saturated rings. The van der Waals surface area contributed by atoms with Crippen molar-refractivity contribution < 1.29 is 0 Å². The molecule has 0 aliphatic heterocycles. The fraction of sp³-hybridized carbons (Fsp3) is 1.00. The van der Waals surface area contributed by atoms with Gasteiger partial charge in [-0.25, -0.2) is 0 Å². The molecule has 72 valence electrons. The Morgan fingerprint density at radius 3 is 2.08 bits per heavy atom. The van der Waals surface area contributed by atoms with E-state index in [1.807, 2.05) is 0 Å². The first-order chi connectivity index (χ1) is 6.27. The van der Waals surface area contributed by atoms with Gasteiger partial charge in [0.1, 0.15) is 15.7 Å². The first kappa shape index (κ1) is 9.68. The van der Waals surface area contributed by atoms with Crippen LogP contribution in [0.15, 0.2) is 0 Å². The molecule has 0 amide bonds. The summed E-state index contributed by atoms with van der Waals surface area (Å²) in [5.41, 5.74) is 0. The summed E-state index contributed by atoms with van der Waals surface area (Å²) in [6, 6.07) is 0. The summed E-state index contributed by atoms with van der Waals surface area (Å²) in [6.45, 7) is 0. The van der Waals surface area contributed by atoms with Crippen LogP contribution < -0.4 is 0 Å². The molecule has 0 nitrogen and oxygen atoms in total. The van der Waals surface area contributed by atoms with Crippen LogP contribution in [0.25, 0.3) is 0 Å². The molecule has 2 aliphatic carbocycles. The van der Waals surface area contributed by atoms with Crippen molar-refractivity contribution in [3.63, 3.8) is 0 Å². The smallest absolute Gasteiger partial charge is 0.0692 e. The van der Waals surface area contributed by atoms with Crippen LogP contribution in [-0.2, 0) is 0 Å². The zero-order chi connectivity index (χ0) is 9.26. The maximum Gasteiger partial charge on any atom is 0.106 e. The Kier molecular flexibility index (Phi) is 3.06. The van der Waals surface area contributed by atoms with E-state index in [0.29, 0.717) is 0 Å². The molecule has 2 rings (SSSR count). The van der Waals surface area contributed by atoms with E-state index in [-0.39, 0.29) is 0 Å². The lowest BCUT2D eigenvalue weighted by atomic mass is 9.52. The van der Waals surface area contributed by atoms with E-state index in [9.17, 15) is 0 Å². The highest BCUT2D eigenvalue weighted by atomic mass is 14.4. The largest absolute Gasteiger partial charge is 0.106 e. The molecule has 2 aliphatic rings. The van der Waals surface area contributed by atoms with Crippen LogP contribution in [0.3, 0.4) is 0 Å². The van der Waals surface area contributed by atoms with Crippen LogP contribution in [0.4, 0.5) is 0 Å². The topological polar surface area (TPSA) is 0 Å². The first-order valence-electron chi connectivity index (χ1n) is 6.27. The minimum atomic E-state index is 1.04. The van der Waals surface area contributed by atoms with Crippen molar-refractivity contribution in [2.75, 3.05) is 0 Å². The van der Waals surface area contributed by atoms with E-state index in [1.165, 1.54) is 44.9 Å². The molecular weight excluding hydrogens is 154 g/mol. The number of hydrogen-bond donors (Lipinski definition) is 0. The molecule has 0 bridgehead atoms. The molecular formula is C11H22B2. The Labute approximate surface area is 84.7 Å². The van der Waals surface area contributed by atoms with Gasteiger partial charge in [0.25, 0.3) is 0 Å². The third-order valence-corrected chi connectivity index (χ3v) is 4.55. The monoisotopic (exact) mass is 176 g/mol. The normalized spacial score (nSPS) is 38.2. The number of rotatable bonds is 2. The molecule has 1 atom stereocenters. The summed E-state index contributed by atoms with van der Waals surface area (Å²) >= 11 is 0. The van der Waals surface area contributed by atoms with Gasteiger partial charge in [-0.05, 0) is 11.8 Å². The number of hydrogen-bond acceptors (Lipinski definition) is 0. The second-order valence-corrected chi connectivity index (χ2v) is 5.59. The average Bonchev–Trinajstić information content (AvgIpc) is 2.13. The molecule has 0 saturated heterocycles. The van der Waals surface area contributed by atoms with Crippen molar-refractivity contribution in [2.24, 2.45) is 11.8 Å². The van der Waals surface area contributed by atoms with Gasteiger partial charge < -0.3 is 0 Å². The minimum absolute atomic E-state index is 1.04. The minimum Gasteiger partial charge on any atom is -0.0692 e. The van der Waals surface area contributed by atoms with Gasteiger partial charge in [-0.15, -0.1) is 0 Å². The second-order valence-electron chi connectivity index (χ2n) is 5.59. The predicted molar refractivity (Wildman–Crippen MR) is 63.9 cm³/mol. The lowest BCUT2D eigenvalue weighted by Crippen LogP contribution is -2.29. The van der Waals surface area contributed by atoms with Crippen LogP contribution in [0.5, 0.6) is 0 Å². The molecule has 0 spiro atoms. The Balaban J connectivity index is 1.78. The van der Waals surface area contributed by atoms with E-state index in [2.05, 4.69) is 15.7 Å². The summed E-state index contributed by atoms with van der Waals surface area (Å²) in [5.74, 6) is 4.26. The quantitative estimate of drug-likeness (QED) is 0.562. The van der Waals surface area contributed by atoms with Crippen LogP contribution in [0.1, 0.15) is 44.9 Å². The molecule has 0 aromatic carbocycles. The van der Waals surface area contributed by atoms with Gasteiger partial charge in [-0.1, -0.05) is 56.6 Å². The van der Waals surface area contributed by atoms with E-state index in [1.54, 1.807) is 0 Å². The van der Waals surface area contributed by atoms with Crippen molar-refractivity contribution in [1.29, 1.82) is 0 Å². The van der Waals surface area contributed by atoms with Crippen LogP contribution in [0, 0.1) is 11.8 Å². The van der Waals surface area contributed by atoms with Crippen LogP contribution in [0.2, 0.25) is 11.6 Å². The Hall–Kier alpha value is 0.130. The predicted octanol–water partition coefficient (Wildman–Crippen LogP) is 1.82. The van der Waals surface area contributed by atoms with Gasteiger partial charge in [-0.2, -0.15) is 0 Å². The molecule has 2 heteroatoms. The Morgan fingerprint density at radius 1 is 0.923 bits per heavy atom. The highest BCUT2D eigenvalue weighted by Crippen LogP contribution is 2.48. The standard InChI is InChI=1S/C11H22B2/c12-10-6-9(7-10)11(13)8-4-2-1-3-5-8/h8-11H,1-7,12-13H2. The molecule has 0 N–H and O–H groups in total. The van der Waals surface area contributed by atoms with Gasteiger partial charge in [-0.3, -0.25) is 0 Å². The SMILES string of the molecule is BC1CC(C(B)C2CCCCC2)C1. The van der Waals surface area contributed by atoms with Crippen molar-refractivity contribution >= 4 is 15.7 Å². The van der Waals surface area contributed by atoms with Crippen molar-refractivity contribution in [2.45, 2.75) is 56.6 Å². The molecule has 0 heterocycles. The second kappa shape index (κ2) is 4.11. The third-order valence-electron chi connectivity index (χ3n) is 4.55. The lowest BCUT2D eigenvalue weighted by molar-refractivity contribution is 0.218. The van der Waals surface area contributed by atoms with Crippen molar-refractivity contribution in [3.8, 4) is 0 Å². The highest BCUT2D eigenvalue weighted by Gasteiger charge is 2.33. The van der Waals surface area contributed by atoms with Gasteiger partial charge >= 0.3 is 0 Å². The van der Waals surface area contributed by atoms with Gasteiger partial charge in [0.2, 0.25) is 0 Å². The summed E-state index contributed by atoms with van der Waals surface area (Å²) in [6.07, 6.45) is 10.6. The molecule has 0 radical (unpaired) electrons. The molecule has 0 aromatic heterocycles. The fourth-order valence-corrected chi connectivity index (χ4v) is 3.44. The zero-order valence-electron chi connectivity index (χ0n) is 9.26. The molecule has 2 saturated carbocycles. The van der Waals surface area contributed by atoms with Crippen LogP contribution >= 0.6 is 0 Å². The maximum absolute atomic E-state index is 2.52. The Bertz CT molecular complexity index is 157. The summed E-state index contributed by atoms with van der Waals surface area (Å²) < 4.78 is 0. The summed E-state index contributed by atoms with van der Waals surface area (Å²) in [5, 5.41) is 0. The molecule has 13 heavy (non-hydrogen) atoms. The Morgan fingerprint density at radius 2 is 1.54 bits per heavy atom. The van der Waals surface area contributed by atoms with E-state index < -0.39 is 0 Å². The average molecular weight is 176 g/mol. The molecule has 1 unspecified atom stereocenters. The fourth-order valence-electron chi connectivity index (χ4n) is 3.44. The van der Waals surface area contributed by atoms with Crippen molar-refractivity contribution in [1.82, 2.24) is 0 Å². The third kappa shape index (κ3) is 2.14. The summed E-state index contributed by atoms with van der Waals surface area (Å²) in [4.78, 5) is 0. The zero-order valence-corrected chi connectivity index (χ0v) is 9.26. The van der Waals surface area contributed by atoms with Crippen LogP contribution in [-0.4, -0.2) is 15.7 Å². The van der Waals surface area contributed by atoms with Crippen molar-refractivity contribution in [3.05, 3.63) is 0 Å². The van der Waals surface area contributed by atoms with Gasteiger partial charge in [0, 0.05) is 0 Å².